The first-order valence-corrected chi connectivity index (χ1v) is 6.02. The summed E-state index contributed by atoms with van der Waals surface area (Å²) in [6, 6.07) is 7.80. The molecule has 2 rings (SSSR count). The highest BCUT2D eigenvalue weighted by molar-refractivity contribution is 7.17. The number of nitrogens with two attached hydrogens (primary N) is 1. The average Bonchev–Trinajstić information content (AvgIpc) is 2.75. The van der Waals surface area contributed by atoms with E-state index in [2.05, 4.69) is 5.32 Å². The number of rotatable bonds is 2. The number of alkyl halides is 3. The number of halogens is 3. The van der Waals surface area contributed by atoms with Crippen LogP contribution in [0.5, 0.6) is 0 Å². The molecule has 1 aromatic heterocycles. The van der Waals surface area contributed by atoms with Crippen molar-refractivity contribution in [1.82, 2.24) is 0 Å². The van der Waals surface area contributed by atoms with Crippen LogP contribution in [0.3, 0.4) is 0 Å². The largest absolute Gasteiger partial charge is 0.418 e. The van der Waals surface area contributed by atoms with Gasteiger partial charge in [-0.15, -0.1) is 11.3 Å². The fourth-order valence-electron chi connectivity index (χ4n) is 1.50. The van der Waals surface area contributed by atoms with Crippen LogP contribution in [-0.2, 0) is 6.18 Å². The van der Waals surface area contributed by atoms with Gasteiger partial charge in [-0.05, 0) is 24.3 Å². The Balaban J connectivity index is 2.27. The van der Waals surface area contributed by atoms with Crippen molar-refractivity contribution in [2.45, 2.75) is 6.18 Å². The topological polar surface area (TPSA) is 55.1 Å². The normalized spacial score (nSPS) is 11.3. The van der Waals surface area contributed by atoms with Gasteiger partial charge in [0.1, 0.15) is 0 Å². The summed E-state index contributed by atoms with van der Waals surface area (Å²) >= 11 is 1.01. The Labute approximate surface area is 110 Å². The molecule has 7 heteroatoms. The molecule has 2 aromatic rings. The number of para-hydroxylation sites is 1. The lowest BCUT2D eigenvalue weighted by atomic mass is 10.1. The van der Waals surface area contributed by atoms with Gasteiger partial charge in [-0.2, -0.15) is 13.2 Å². The van der Waals surface area contributed by atoms with Crippen molar-refractivity contribution in [3.8, 4) is 0 Å². The van der Waals surface area contributed by atoms with E-state index in [-0.39, 0.29) is 10.6 Å². The fourth-order valence-corrected chi connectivity index (χ4v) is 2.17. The molecular weight excluding hydrogens is 277 g/mol. The van der Waals surface area contributed by atoms with Crippen molar-refractivity contribution in [3.63, 3.8) is 0 Å². The zero-order chi connectivity index (χ0) is 14.0. The fraction of sp³-hybridized carbons (Fsp3) is 0.0833. The van der Waals surface area contributed by atoms with E-state index in [0.29, 0.717) is 5.00 Å². The summed E-state index contributed by atoms with van der Waals surface area (Å²) in [4.78, 5) is 12.0. The molecule has 0 aliphatic rings. The van der Waals surface area contributed by atoms with Crippen LogP contribution in [0.2, 0.25) is 0 Å². The van der Waals surface area contributed by atoms with E-state index in [4.69, 9.17) is 5.73 Å². The highest BCUT2D eigenvalue weighted by Gasteiger charge is 2.33. The molecule has 0 saturated carbocycles. The number of carbonyl (C=O) groups is 1. The second kappa shape index (κ2) is 4.93. The maximum Gasteiger partial charge on any atom is 0.418 e. The van der Waals surface area contributed by atoms with E-state index >= 15 is 0 Å². The van der Waals surface area contributed by atoms with Gasteiger partial charge in [-0.3, -0.25) is 4.79 Å². The molecule has 0 saturated heterocycles. The highest BCUT2D eigenvalue weighted by atomic mass is 32.1. The maximum absolute atomic E-state index is 12.7. The Hall–Kier alpha value is -2.02. The van der Waals surface area contributed by atoms with E-state index in [1.54, 1.807) is 0 Å². The van der Waals surface area contributed by atoms with E-state index in [0.717, 1.165) is 17.4 Å². The summed E-state index contributed by atoms with van der Waals surface area (Å²) in [5.74, 6) is -0.613. The molecule has 3 nitrogen and oxygen atoms in total. The number of benzene rings is 1. The summed E-state index contributed by atoms with van der Waals surface area (Å²) in [6.07, 6.45) is -4.52. The molecule has 0 bridgehead atoms. The Morgan fingerprint density at radius 2 is 1.84 bits per heavy atom. The van der Waals surface area contributed by atoms with Gasteiger partial charge in [0.25, 0.3) is 5.91 Å². The van der Waals surface area contributed by atoms with Crippen molar-refractivity contribution in [2.24, 2.45) is 0 Å². The predicted molar refractivity (Wildman–Crippen MR) is 68.1 cm³/mol. The van der Waals surface area contributed by atoms with Crippen molar-refractivity contribution in [2.75, 3.05) is 11.1 Å². The molecule has 3 N–H and O–H groups in total. The van der Waals surface area contributed by atoms with Crippen molar-refractivity contribution < 1.29 is 18.0 Å². The molecule has 0 unspecified atom stereocenters. The number of thiophene rings is 1. The first-order chi connectivity index (χ1) is 8.88. The van der Waals surface area contributed by atoms with Gasteiger partial charge in [-0.25, -0.2) is 0 Å². The van der Waals surface area contributed by atoms with Gasteiger partial charge in [0.2, 0.25) is 0 Å². The first-order valence-electron chi connectivity index (χ1n) is 5.21. The zero-order valence-corrected chi connectivity index (χ0v) is 10.3. The monoisotopic (exact) mass is 286 g/mol. The summed E-state index contributed by atoms with van der Waals surface area (Å²) < 4.78 is 38.2. The second-order valence-corrected chi connectivity index (χ2v) is 4.81. The number of nitrogens with one attached hydrogen (secondary N) is 1. The quantitative estimate of drug-likeness (QED) is 0.886. The molecular formula is C12H9F3N2OS. The Bertz CT molecular complexity index is 607. The van der Waals surface area contributed by atoms with Crippen LogP contribution in [0.1, 0.15) is 15.2 Å². The van der Waals surface area contributed by atoms with E-state index in [1.807, 2.05) is 0 Å². The highest BCUT2D eigenvalue weighted by Crippen LogP contribution is 2.34. The predicted octanol–water partition coefficient (Wildman–Crippen LogP) is 3.60. The molecule has 0 aliphatic carbocycles. The standard InChI is InChI=1S/C12H9F3N2OS/c13-12(14,15)7-3-1-2-4-8(7)17-11(18)9-5-6-10(16)19-9/h1-6H,16H2,(H,17,18). The molecule has 19 heavy (non-hydrogen) atoms. The van der Waals surface area contributed by atoms with Gasteiger partial charge in [0.15, 0.2) is 0 Å². The van der Waals surface area contributed by atoms with E-state index in [9.17, 15) is 18.0 Å². The van der Waals surface area contributed by atoms with Gasteiger partial charge in [0, 0.05) is 0 Å². The Morgan fingerprint density at radius 3 is 2.42 bits per heavy atom. The lowest BCUT2D eigenvalue weighted by Crippen LogP contribution is -2.15. The summed E-state index contributed by atoms with van der Waals surface area (Å²) in [5.41, 5.74) is 4.31. The molecule has 1 amide bonds. The molecule has 0 atom stereocenters. The minimum Gasteiger partial charge on any atom is -0.391 e. The van der Waals surface area contributed by atoms with Crippen molar-refractivity contribution in [3.05, 3.63) is 46.8 Å². The number of amides is 1. The second-order valence-electron chi connectivity index (χ2n) is 3.70. The molecule has 0 fully saturated rings. The minimum absolute atomic E-state index is 0.259. The third-order valence-corrected chi connectivity index (χ3v) is 3.24. The number of carbonyl (C=O) groups excluding carboxylic acids is 1. The van der Waals surface area contributed by atoms with Crippen LogP contribution >= 0.6 is 11.3 Å². The number of hydrogen-bond acceptors (Lipinski definition) is 3. The number of hydrogen-bond donors (Lipinski definition) is 2. The minimum atomic E-state index is -4.52. The maximum atomic E-state index is 12.7. The molecule has 100 valence electrons. The zero-order valence-electron chi connectivity index (χ0n) is 9.49. The van der Waals surface area contributed by atoms with Crippen LogP contribution < -0.4 is 11.1 Å². The third kappa shape index (κ3) is 3.05. The van der Waals surface area contributed by atoms with Crippen molar-refractivity contribution >= 4 is 27.9 Å². The van der Waals surface area contributed by atoms with Crippen LogP contribution in [0.15, 0.2) is 36.4 Å². The van der Waals surface area contributed by atoms with Crippen molar-refractivity contribution in [1.29, 1.82) is 0 Å². The Kier molecular flexibility index (Phi) is 3.48. The van der Waals surface area contributed by atoms with Gasteiger partial charge in [0.05, 0.1) is 21.1 Å². The first kappa shape index (κ1) is 13.4. The molecule has 1 heterocycles. The van der Waals surface area contributed by atoms with Crippen LogP contribution in [-0.4, -0.2) is 5.91 Å². The SMILES string of the molecule is Nc1ccc(C(=O)Nc2ccccc2C(F)(F)F)s1. The number of nitrogen functional groups attached to an aromatic ring is 1. The average molecular weight is 286 g/mol. The van der Waals surface area contributed by atoms with Gasteiger partial charge >= 0.3 is 6.18 Å². The number of anilines is 2. The lowest BCUT2D eigenvalue weighted by molar-refractivity contribution is -0.136. The lowest BCUT2D eigenvalue weighted by Gasteiger charge is -2.12. The van der Waals surface area contributed by atoms with E-state index in [1.165, 1.54) is 30.3 Å². The van der Waals surface area contributed by atoms with Crippen LogP contribution in [0.25, 0.3) is 0 Å². The smallest absolute Gasteiger partial charge is 0.391 e. The van der Waals surface area contributed by atoms with Gasteiger partial charge in [-0.1, -0.05) is 12.1 Å². The van der Waals surface area contributed by atoms with E-state index < -0.39 is 17.6 Å². The molecule has 0 radical (unpaired) electrons. The summed E-state index contributed by atoms with van der Waals surface area (Å²) in [7, 11) is 0. The van der Waals surface area contributed by atoms with Crippen LogP contribution in [0, 0.1) is 0 Å². The van der Waals surface area contributed by atoms with Crippen LogP contribution in [0.4, 0.5) is 23.9 Å². The summed E-state index contributed by atoms with van der Waals surface area (Å²) in [6.45, 7) is 0. The third-order valence-electron chi connectivity index (χ3n) is 2.33. The Morgan fingerprint density at radius 1 is 1.16 bits per heavy atom. The molecule has 0 spiro atoms. The molecule has 0 aliphatic heterocycles. The molecule has 1 aromatic carbocycles. The summed E-state index contributed by atoms with van der Waals surface area (Å²) in [5, 5.41) is 2.67. The van der Waals surface area contributed by atoms with Gasteiger partial charge < -0.3 is 11.1 Å².